The predicted molar refractivity (Wildman–Crippen MR) is 309 cm³/mol. The second-order valence-corrected chi connectivity index (χ2v) is 20.1. The third kappa shape index (κ3) is 15.6. The lowest BCUT2D eigenvalue weighted by Gasteiger charge is -2.27. The molecular formula is C60H80N12O9. The van der Waals surface area contributed by atoms with E-state index in [-0.39, 0.29) is 49.6 Å². The minimum absolute atomic E-state index is 0.0193. The minimum Gasteiger partial charge on any atom is -0.504 e. The van der Waals surface area contributed by atoms with Gasteiger partial charge in [-0.2, -0.15) is 0 Å². The lowest BCUT2D eigenvalue weighted by atomic mass is 10.2. The van der Waals surface area contributed by atoms with Crippen LogP contribution >= 0.6 is 0 Å². The average molecular weight is 1110 g/mol. The number of aryl methyl sites for hydroxylation is 10. The van der Waals surface area contributed by atoms with E-state index in [1.165, 1.54) is 0 Å². The molecule has 0 bridgehead atoms. The third-order valence-corrected chi connectivity index (χ3v) is 13.8. The molecule has 0 amide bonds. The molecule has 7 aromatic heterocycles. The van der Waals surface area contributed by atoms with Gasteiger partial charge in [0.25, 0.3) is 0 Å². The molecule has 6 N–H and O–H groups in total. The van der Waals surface area contributed by atoms with Gasteiger partial charge in [0.1, 0.15) is 19.1 Å². The highest BCUT2D eigenvalue weighted by Gasteiger charge is 2.30. The van der Waals surface area contributed by atoms with Crippen LogP contribution in [-0.4, -0.2) is 130 Å². The van der Waals surface area contributed by atoms with E-state index in [1.54, 1.807) is 27.9 Å². The minimum atomic E-state index is -0.304. The van der Waals surface area contributed by atoms with E-state index in [0.29, 0.717) is 96.8 Å². The van der Waals surface area contributed by atoms with Crippen LogP contribution in [0.5, 0.6) is 23.0 Å². The lowest BCUT2D eigenvalue weighted by Crippen LogP contribution is -2.34. The van der Waals surface area contributed by atoms with Crippen LogP contribution < -0.4 is 9.64 Å². The first-order valence-electron chi connectivity index (χ1n) is 27.1. The number of aliphatic hydroxyl groups excluding tert-OH is 3. The second-order valence-electron chi connectivity index (χ2n) is 20.1. The van der Waals surface area contributed by atoms with Crippen LogP contribution in [-0.2, 0) is 41.9 Å². The molecule has 2 unspecified atom stereocenters. The number of aliphatic hydroxyl groups is 3. The summed E-state index contributed by atoms with van der Waals surface area (Å²) >= 11 is 0. The molecule has 8 heterocycles. The fourth-order valence-corrected chi connectivity index (χ4v) is 9.46. The maximum Gasteiger partial charge on any atom is 0.234 e. The summed E-state index contributed by atoms with van der Waals surface area (Å²) in [6, 6.07) is 23.0. The number of benzene rings is 1. The largest absolute Gasteiger partial charge is 0.504 e. The first kappa shape index (κ1) is 62.4. The van der Waals surface area contributed by atoms with E-state index < -0.39 is 0 Å². The number of ether oxygens (including phenoxy) is 3. The van der Waals surface area contributed by atoms with Gasteiger partial charge in [0, 0.05) is 85.8 Å². The Labute approximate surface area is 474 Å². The third-order valence-electron chi connectivity index (χ3n) is 13.8. The monoisotopic (exact) mass is 1110 g/mol. The number of hydrogen-bond acceptors (Lipinski definition) is 18. The van der Waals surface area contributed by atoms with Crippen molar-refractivity contribution in [1.82, 2.24) is 53.6 Å². The van der Waals surface area contributed by atoms with Crippen molar-refractivity contribution in [3.8, 4) is 40.8 Å². The molecule has 0 aliphatic carbocycles. The van der Waals surface area contributed by atoms with Gasteiger partial charge in [-0.3, -0.25) is 13.7 Å². The zero-order valence-corrected chi connectivity index (χ0v) is 49.1. The van der Waals surface area contributed by atoms with E-state index in [9.17, 15) is 15.3 Å². The van der Waals surface area contributed by atoms with Crippen LogP contribution in [0.2, 0.25) is 0 Å². The molecule has 8 aromatic rings. The predicted octanol–water partition coefficient (Wildman–Crippen LogP) is 8.16. The van der Waals surface area contributed by atoms with Crippen LogP contribution in [0.4, 0.5) is 5.95 Å². The summed E-state index contributed by atoms with van der Waals surface area (Å²) in [5.41, 5.74) is 11.9. The summed E-state index contributed by atoms with van der Waals surface area (Å²) in [6.45, 7) is 24.3. The molecule has 21 heteroatoms. The van der Waals surface area contributed by atoms with Gasteiger partial charge in [0.15, 0.2) is 23.0 Å². The van der Waals surface area contributed by atoms with Gasteiger partial charge < -0.3 is 49.7 Å². The Morgan fingerprint density at radius 3 is 1.27 bits per heavy atom. The quantitative estimate of drug-likeness (QED) is 0.0371. The molecule has 434 valence electrons. The van der Waals surface area contributed by atoms with Gasteiger partial charge in [-0.05, 0) is 138 Å². The van der Waals surface area contributed by atoms with Gasteiger partial charge in [0.05, 0.1) is 53.1 Å². The molecule has 2 atom stereocenters. The SMILES string of the molecule is COCOCCc1nc(-n2c(C)ccc2C)nc(C)c1OCc1ccccc1.Cc1nc(-n2c(C)ccc2C)nc(CCO)c1O.Cc1nc(-n2c(C)ccc2C)nc(CO)c1O.Cc1nc(N2C(C)CCC2C)nc(CCO)c1O. The summed E-state index contributed by atoms with van der Waals surface area (Å²) in [6.07, 6.45) is 3.57. The molecule has 1 saturated heterocycles. The zero-order valence-electron chi connectivity index (χ0n) is 49.1. The fourth-order valence-electron chi connectivity index (χ4n) is 9.46. The molecule has 21 nitrogen and oxygen atoms in total. The molecule has 1 fully saturated rings. The average Bonchev–Trinajstić information content (AvgIpc) is 4.36. The summed E-state index contributed by atoms with van der Waals surface area (Å²) in [4.78, 5) is 37.6. The van der Waals surface area contributed by atoms with E-state index >= 15 is 0 Å². The summed E-state index contributed by atoms with van der Waals surface area (Å²) < 4.78 is 22.4. The molecule has 0 saturated carbocycles. The Balaban J connectivity index is 0.000000178. The van der Waals surface area contributed by atoms with Crippen LogP contribution in [0.15, 0.2) is 66.7 Å². The molecule has 1 aliphatic rings. The molecule has 0 radical (unpaired) electrons. The fraction of sp³-hybridized carbons (Fsp3) is 0.433. The zero-order chi connectivity index (χ0) is 59.1. The van der Waals surface area contributed by atoms with Crippen molar-refractivity contribution in [2.24, 2.45) is 0 Å². The Morgan fingerprint density at radius 1 is 0.469 bits per heavy atom. The number of methoxy groups -OCH3 is 1. The summed E-state index contributed by atoms with van der Waals surface area (Å²) in [7, 11) is 1.61. The van der Waals surface area contributed by atoms with Gasteiger partial charge in [-0.15, -0.1) is 0 Å². The van der Waals surface area contributed by atoms with Crippen LogP contribution in [0.25, 0.3) is 17.8 Å². The number of nitrogens with zero attached hydrogens (tertiary/aromatic N) is 12. The molecule has 9 rings (SSSR count). The maximum atomic E-state index is 9.87. The lowest BCUT2D eigenvalue weighted by molar-refractivity contribution is -0.0294. The highest BCUT2D eigenvalue weighted by molar-refractivity contribution is 5.43. The topological polar surface area (TPSA) is 270 Å². The second kappa shape index (κ2) is 29.1. The highest BCUT2D eigenvalue weighted by Crippen LogP contribution is 2.31. The molecular weight excluding hydrogens is 1030 g/mol. The highest BCUT2D eigenvalue weighted by atomic mass is 16.7. The standard InChI is InChI=1S/C22H27N3O3.C13H21N3O2.C13H17N3O2.C12H15N3O2/c1-16-10-11-17(2)25(16)22-23-18(3)21(20(24-22)12-13-27-15-26-4)28-14-19-8-6-5-7-9-19;2*1-8-4-5-9(2)16(8)13-14-10(3)12(18)11(15-13)6-7-17;1-7-4-5-8(2)15(7)12-13-9(3)11(17)10(6-16)14-12/h5-11H,12-15H2,1-4H3;8-9,17-18H,4-7H2,1-3H3;4-5,17-18H,6-7H2,1-3H3;4-5,16-17H,6H2,1-3H3. The van der Waals surface area contributed by atoms with Gasteiger partial charge >= 0.3 is 0 Å². The van der Waals surface area contributed by atoms with Crippen LogP contribution in [0.1, 0.15) is 112 Å². The summed E-state index contributed by atoms with van der Waals surface area (Å²) in [5, 5.41) is 56.5. The van der Waals surface area contributed by atoms with E-state index in [4.69, 9.17) is 39.5 Å². The number of hydrogen-bond donors (Lipinski definition) is 6. The van der Waals surface area contributed by atoms with Gasteiger partial charge in [0.2, 0.25) is 23.8 Å². The number of aromatic hydroxyl groups is 3. The Bertz CT molecular complexity index is 3270. The van der Waals surface area contributed by atoms with Gasteiger partial charge in [-0.25, -0.2) is 39.9 Å². The first-order chi connectivity index (χ1) is 38.7. The van der Waals surface area contributed by atoms with Crippen molar-refractivity contribution in [3.63, 3.8) is 0 Å². The normalized spacial score (nSPS) is 13.8. The van der Waals surface area contributed by atoms with Crippen molar-refractivity contribution in [3.05, 3.63) is 152 Å². The van der Waals surface area contributed by atoms with Crippen molar-refractivity contribution in [1.29, 1.82) is 0 Å². The maximum absolute atomic E-state index is 9.87. The number of rotatable bonds is 17. The molecule has 81 heavy (non-hydrogen) atoms. The van der Waals surface area contributed by atoms with Crippen LogP contribution in [0, 0.1) is 69.2 Å². The van der Waals surface area contributed by atoms with Gasteiger partial charge in [-0.1, -0.05) is 30.3 Å². The molecule has 1 aromatic carbocycles. The molecule has 0 spiro atoms. The van der Waals surface area contributed by atoms with E-state index in [1.807, 2.05) is 117 Å². The van der Waals surface area contributed by atoms with Crippen molar-refractivity contribution >= 4 is 5.95 Å². The van der Waals surface area contributed by atoms with E-state index in [0.717, 1.165) is 69.7 Å². The van der Waals surface area contributed by atoms with E-state index in [2.05, 4.69) is 60.8 Å². The van der Waals surface area contributed by atoms with Crippen LogP contribution in [0.3, 0.4) is 0 Å². The van der Waals surface area contributed by atoms with Crippen molar-refractivity contribution < 1.29 is 44.8 Å². The number of aromatic nitrogens is 11. The Kier molecular flexibility index (Phi) is 22.4. The first-order valence-corrected chi connectivity index (χ1v) is 27.1. The van der Waals surface area contributed by atoms with Crippen molar-refractivity contribution in [2.45, 2.75) is 140 Å². The smallest absolute Gasteiger partial charge is 0.234 e. The number of anilines is 1. The summed E-state index contributed by atoms with van der Waals surface area (Å²) in [5.74, 6) is 3.19. The Morgan fingerprint density at radius 2 is 0.852 bits per heavy atom. The molecule has 1 aliphatic heterocycles. The Hall–Kier alpha value is -7.82. The van der Waals surface area contributed by atoms with Crippen molar-refractivity contribution in [2.75, 3.05) is 38.6 Å².